The van der Waals surface area contributed by atoms with Gasteiger partial charge in [0.15, 0.2) is 11.7 Å². The van der Waals surface area contributed by atoms with Crippen LogP contribution in [-0.4, -0.2) is 36.6 Å². The zero-order valence-electron chi connectivity index (χ0n) is 16.2. The van der Waals surface area contributed by atoms with E-state index in [9.17, 15) is 14.4 Å². The Hall–Kier alpha value is -3.46. The quantitative estimate of drug-likeness (QED) is 0.388. The first kappa shape index (κ1) is 21.8. The summed E-state index contributed by atoms with van der Waals surface area (Å²) in [6.07, 6.45) is 0. The Kier molecular flexibility index (Phi) is 7.67. The highest BCUT2D eigenvalue weighted by Crippen LogP contribution is 2.15. The van der Waals surface area contributed by atoms with Gasteiger partial charge in [-0.2, -0.15) is 0 Å². The van der Waals surface area contributed by atoms with Gasteiger partial charge in [-0.15, -0.1) is 0 Å². The van der Waals surface area contributed by atoms with Crippen molar-refractivity contribution >= 4 is 35.1 Å². The van der Waals surface area contributed by atoms with E-state index < -0.39 is 17.8 Å². The summed E-state index contributed by atoms with van der Waals surface area (Å²) in [5, 5.41) is 2.32. The number of thiocarbonyl (C=S) groups is 1. The predicted octanol–water partition coefficient (Wildman–Crippen LogP) is 1.80. The predicted molar refractivity (Wildman–Crippen MR) is 111 cm³/mol. The molecule has 0 aromatic heterocycles. The van der Waals surface area contributed by atoms with Gasteiger partial charge in [0.1, 0.15) is 5.75 Å². The van der Waals surface area contributed by atoms with Gasteiger partial charge >= 0.3 is 5.97 Å². The normalized spacial score (nSPS) is 9.90. The van der Waals surface area contributed by atoms with Crippen molar-refractivity contribution in [3.8, 4) is 5.75 Å². The fourth-order valence-electron chi connectivity index (χ4n) is 2.41. The monoisotopic (exact) mass is 415 g/mol. The first-order valence-electron chi connectivity index (χ1n) is 8.58. The molecule has 2 aromatic rings. The number of hydrazine groups is 1. The van der Waals surface area contributed by atoms with Crippen molar-refractivity contribution in [3.05, 3.63) is 64.7 Å². The third-order valence-electron chi connectivity index (χ3n) is 3.68. The number of carbonyl (C=O) groups is 3. The highest BCUT2D eigenvalue weighted by Gasteiger charge is 2.11. The lowest BCUT2D eigenvalue weighted by Crippen LogP contribution is -2.49. The minimum Gasteiger partial charge on any atom is -0.484 e. The van der Waals surface area contributed by atoms with Crippen molar-refractivity contribution < 1.29 is 23.9 Å². The highest BCUT2D eigenvalue weighted by atomic mass is 32.1. The van der Waals surface area contributed by atoms with Crippen molar-refractivity contribution in [3.63, 3.8) is 0 Å². The summed E-state index contributed by atoms with van der Waals surface area (Å²) < 4.78 is 10.0. The number of amides is 2. The number of aryl methyl sites for hydroxylation is 2. The van der Waals surface area contributed by atoms with E-state index in [1.54, 1.807) is 0 Å². The molecule has 9 heteroatoms. The first-order valence-corrected chi connectivity index (χ1v) is 8.99. The van der Waals surface area contributed by atoms with Crippen LogP contribution < -0.4 is 20.9 Å². The molecule has 0 aliphatic carbocycles. The lowest BCUT2D eigenvalue weighted by molar-refractivity contribution is -0.123. The fourth-order valence-corrected chi connectivity index (χ4v) is 2.55. The summed E-state index contributed by atoms with van der Waals surface area (Å²) in [6, 6.07) is 11.5. The van der Waals surface area contributed by atoms with Crippen LogP contribution >= 0.6 is 12.2 Å². The van der Waals surface area contributed by atoms with E-state index in [4.69, 9.17) is 17.0 Å². The molecule has 0 radical (unpaired) electrons. The molecule has 0 fully saturated rings. The Labute approximate surface area is 173 Å². The van der Waals surface area contributed by atoms with Gasteiger partial charge in [-0.25, -0.2) is 4.79 Å². The summed E-state index contributed by atoms with van der Waals surface area (Å²) in [4.78, 5) is 35.4. The Balaban J connectivity index is 1.77. The van der Waals surface area contributed by atoms with Gasteiger partial charge in [0.2, 0.25) is 0 Å². The minimum absolute atomic E-state index is 0.0909. The number of hydrogen-bond donors (Lipinski definition) is 3. The maximum atomic E-state index is 12.1. The van der Waals surface area contributed by atoms with Crippen LogP contribution in [0, 0.1) is 13.8 Å². The van der Waals surface area contributed by atoms with Crippen LogP contribution in [0.15, 0.2) is 42.5 Å². The standard InChI is InChI=1S/C20H21N3O5S/c1-12-8-13(2)10-16(9-12)28-11-17(24)22-23-20(29)21-18(25)14-4-6-15(7-5-14)19(26)27-3/h4-10H,11H2,1-3H3,(H,22,24)(H2,21,23,25,29). The molecule has 0 aliphatic rings. The third-order valence-corrected chi connectivity index (χ3v) is 3.88. The van der Waals surface area contributed by atoms with Crippen LogP contribution in [0.25, 0.3) is 0 Å². The van der Waals surface area contributed by atoms with E-state index in [1.165, 1.54) is 31.4 Å². The zero-order chi connectivity index (χ0) is 21.4. The average molecular weight is 415 g/mol. The maximum Gasteiger partial charge on any atom is 0.337 e. The molecular formula is C20H21N3O5S. The van der Waals surface area contributed by atoms with Crippen LogP contribution in [-0.2, 0) is 9.53 Å². The molecule has 8 nitrogen and oxygen atoms in total. The van der Waals surface area contributed by atoms with Crippen molar-refractivity contribution in [2.24, 2.45) is 0 Å². The Morgan fingerprint density at radius 2 is 1.52 bits per heavy atom. The zero-order valence-corrected chi connectivity index (χ0v) is 17.0. The number of carbonyl (C=O) groups excluding carboxylic acids is 3. The van der Waals surface area contributed by atoms with E-state index >= 15 is 0 Å². The second-order valence-corrected chi connectivity index (χ2v) is 6.55. The number of rotatable bonds is 5. The van der Waals surface area contributed by atoms with Crippen LogP contribution in [0.5, 0.6) is 5.75 Å². The number of esters is 1. The third kappa shape index (κ3) is 6.89. The molecule has 0 unspecified atom stereocenters. The minimum atomic E-state index is -0.500. The van der Waals surface area contributed by atoms with Gasteiger partial charge in [0.25, 0.3) is 11.8 Å². The molecule has 0 atom stereocenters. The lowest BCUT2D eigenvalue weighted by Gasteiger charge is -2.12. The number of hydrogen-bond acceptors (Lipinski definition) is 6. The molecule has 0 saturated heterocycles. The smallest absolute Gasteiger partial charge is 0.337 e. The Bertz CT molecular complexity index is 908. The molecule has 2 amide bonds. The molecule has 152 valence electrons. The largest absolute Gasteiger partial charge is 0.484 e. The van der Waals surface area contributed by atoms with E-state index in [1.807, 2.05) is 32.0 Å². The number of ether oxygens (including phenoxy) is 2. The lowest BCUT2D eigenvalue weighted by atomic mass is 10.1. The van der Waals surface area contributed by atoms with Gasteiger partial charge in [-0.05, 0) is 73.6 Å². The van der Waals surface area contributed by atoms with Crippen LogP contribution in [0.2, 0.25) is 0 Å². The van der Waals surface area contributed by atoms with Crippen LogP contribution in [0.3, 0.4) is 0 Å². The van der Waals surface area contributed by atoms with Crippen LogP contribution in [0.4, 0.5) is 0 Å². The summed E-state index contributed by atoms with van der Waals surface area (Å²) in [7, 11) is 1.27. The molecule has 3 N–H and O–H groups in total. The van der Waals surface area contributed by atoms with Gasteiger partial charge in [0.05, 0.1) is 12.7 Å². The van der Waals surface area contributed by atoms with Crippen molar-refractivity contribution in [1.82, 2.24) is 16.2 Å². The number of benzene rings is 2. The van der Waals surface area contributed by atoms with Crippen molar-refractivity contribution in [2.75, 3.05) is 13.7 Å². The molecule has 0 saturated carbocycles. The summed E-state index contributed by atoms with van der Waals surface area (Å²) in [6.45, 7) is 3.65. The van der Waals surface area contributed by atoms with E-state index in [0.717, 1.165) is 11.1 Å². The molecule has 0 aliphatic heterocycles. The second kappa shape index (κ2) is 10.2. The number of methoxy groups -OCH3 is 1. The van der Waals surface area contributed by atoms with E-state index in [-0.39, 0.29) is 17.3 Å². The van der Waals surface area contributed by atoms with Crippen molar-refractivity contribution in [2.45, 2.75) is 13.8 Å². The Morgan fingerprint density at radius 3 is 2.10 bits per heavy atom. The van der Waals surface area contributed by atoms with Gasteiger partial charge in [-0.1, -0.05) is 6.07 Å². The molecule has 2 rings (SSSR count). The van der Waals surface area contributed by atoms with Crippen molar-refractivity contribution in [1.29, 1.82) is 0 Å². The second-order valence-electron chi connectivity index (χ2n) is 6.14. The number of nitrogens with one attached hydrogen (secondary N) is 3. The molecule has 2 aromatic carbocycles. The highest BCUT2D eigenvalue weighted by molar-refractivity contribution is 7.80. The molecule has 0 spiro atoms. The molecular weight excluding hydrogens is 394 g/mol. The first-order chi connectivity index (χ1) is 13.8. The van der Waals surface area contributed by atoms with Gasteiger partial charge in [0, 0.05) is 5.56 Å². The SMILES string of the molecule is COC(=O)c1ccc(C(=O)NC(=S)NNC(=O)COc2cc(C)cc(C)c2)cc1. The Morgan fingerprint density at radius 1 is 0.931 bits per heavy atom. The van der Waals surface area contributed by atoms with E-state index in [0.29, 0.717) is 11.3 Å². The van der Waals surface area contributed by atoms with Gasteiger partial charge < -0.3 is 9.47 Å². The summed E-state index contributed by atoms with van der Waals surface area (Å²) in [5.74, 6) is -0.883. The van der Waals surface area contributed by atoms with Crippen LogP contribution in [0.1, 0.15) is 31.8 Å². The fraction of sp³-hybridized carbons (Fsp3) is 0.200. The average Bonchev–Trinajstić information content (AvgIpc) is 2.69. The molecule has 0 heterocycles. The van der Waals surface area contributed by atoms with E-state index in [2.05, 4.69) is 20.9 Å². The summed E-state index contributed by atoms with van der Waals surface area (Å²) in [5.41, 5.74) is 7.43. The topological polar surface area (TPSA) is 106 Å². The maximum absolute atomic E-state index is 12.1. The van der Waals surface area contributed by atoms with Gasteiger partial charge in [-0.3, -0.25) is 25.8 Å². The molecule has 29 heavy (non-hydrogen) atoms. The molecule has 0 bridgehead atoms. The summed E-state index contributed by atoms with van der Waals surface area (Å²) >= 11 is 4.97.